The summed E-state index contributed by atoms with van der Waals surface area (Å²) in [6.07, 6.45) is 1.82. The number of carbonyl (C=O) groups is 1. The van der Waals surface area contributed by atoms with E-state index in [2.05, 4.69) is 15.5 Å². The summed E-state index contributed by atoms with van der Waals surface area (Å²) in [4.78, 5) is 11.8. The first-order valence-electron chi connectivity index (χ1n) is 7.94. The molecule has 23 heavy (non-hydrogen) atoms. The van der Waals surface area contributed by atoms with Crippen molar-refractivity contribution in [3.63, 3.8) is 0 Å². The Morgan fingerprint density at radius 2 is 2.13 bits per heavy atom. The zero-order chi connectivity index (χ0) is 16.1. The number of aryl methyl sites for hydroxylation is 2. The van der Waals surface area contributed by atoms with Crippen molar-refractivity contribution in [2.24, 2.45) is 5.92 Å². The summed E-state index contributed by atoms with van der Waals surface area (Å²) in [5.74, 6) is 1.42. The summed E-state index contributed by atoms with van der Waals surface area (Å²) < 4.78 is 10.9. The van der Waals surface area contributed by atoms with Crippen LogP contribution in [0, 0.1) is 12.8 Å². The van der Waals surface area contributed by atoms with E-state index in [0.717, 1.165) is 25.2 Å². The minimum Gasteiger partial charge on any atom is -0.421 e. The molecule has 6 nitrogen and oxygen atoms in total. The van der Waals surface area contributed by atoms with E-state index in [1.54, 1.807) is 0 Å². The highest BCUT2D eigenvalue weighted by molar-refractivity contribution is 5.76. The molecular weight excluding hydrogens is 294 g/mol. The lowest BCUT2D eigenvalue weighted by Crippen LogP contribution is -2.29. The lowest BCUT2D eigenvalue weighted by atomic mass is 10.1. The molecule has 6 heteroatoms. The second kappa shape index (κ2) is 7.37. The zero-order valence-corrected chi connectivity index (χ0v) is 13.2. The van der Waals surface area contributed by atoms with Gasteiger partial charge in [-0.15, -0.1) is 10.2 Å². The Labute approximate surface area is 135 Å². The average Bonchev–Trinajstić information content (AvgIpc) is 3.23. The lowest BCUT2D eigenvalue weighted by molar-refractivity contribution is -0.121. The number of aromatic nitrogens is 2. The van der Waals surface area contributed by atoms with Crippen molar-refractivity contribution in [1.82, 2.24) is 15.5 Å². The minimum atomic E-state index is 0.00647. The molecule has 1 aromatic heterocycles. The minimum absolute atomic E-state index is 0.00647. The quantitative estimate of drug-likeness (QED) is 0.883. The van der Waals surface area contributed by atoms with E-state index < -0.39 is 0 Å². The van der Waals surface area contributed by atoms with E-state index in [0.29, 0.717) is 37.1 Å². The predicted octanol–water partition coefficient (Wildman–Crippen LogP) is 2.13. The normalized spacial score (nSPS) is 17.3. The molecule has 1 aliphatic heterocycles. The number of benzene rings is 1. The summed E-state index contributed by atoms with van der Waals surface area (Å²) in [5, 5.41) is 11.0. The van der Waals surface area contributed by atoms with Crippen LogP contribution in [0.4, 0.5) is 0 Å². The Bertz CT molecular complexity index is 645. The number of carbonyl (C=O) groups excluding carboxylic acids is 1. The van der Waals surface area contributed by atoms with Crippen molar-refractivity contribution in [1.29, 1.82) is 0 Å². The topological polar surface area (TPSA) is 77.2 Å². The van der Waals surface area contributed by atoms with Gasteiger partial charge in [0.1, 0.15) is 0 Å². The van der Waals surface area contributed by atoms with Gasteiger partial charge in [-0.2, -0.15) is 0 Å². The van der Waals surface area contributed by atoms with Crippen LogP contribution < -0.4 is 5.32 Å². The fourth-order valence-corrected chi connectivity index (χ4v) is 2.48. The largest absolute Gasteiger partial charge is 0.421 e. The Morgan fingerprint density at radius 1 is 1.30 bits per heavy atom. The van der Waals surface area contributed by atoms with E-state index in [1.165, 1.54) is 5.56 Å². The van der Waals surface area contributed by atoms with E-state index in [4.69, 9.17) is 9.15 Å². The van der Waals surface area contributed by atoms with Crippen molar-refractivity contribution in [3.8, 4) is 11.5 Å². The number of nitrogens with one attached hydrogen (secondary N) is 1. The van der Waals surface area contributed by atoms with Gasteiger partial charge in [-0.25, -0.2) is 0 Å². The summed E-state index contributed by atoms with van der Waals surface area (Å²) in [5.41, 5.74) is 2.07. The molecule has 0 unspecified atom stereocenters. The highest BCUT2D eigenvalue weighted by atomic mass is 16.5. The smallest absolute Gasteiger partial charge is 0.247 e. The third-order valence-corrected chi connectivity index (χ3v) is 3.94. The molecule has 2 aromatic rings. The lowest BCUT2D eigenvalue weighted by Gasteiger charge is -2.08. The van der Waals surface area contributed by atoms with E-state index in [1.807, 2.05) is 31.2 Å². The Morgan fingerprint density at radius 3 is 2.87 bits per heavy atom. The molecule has 0 aliphatic carbocycles. The molecule has 0 saturated carbocycles. The van der Waals surface area contributed by atoms with Crippen LogP contribution in [0.1, 0.15) is 24.3 Å². The van der Waals surface area contributed by atoms with Crippen molar-refractivity contribution >= 4 is 5.91 Å². The van der Waals surface area contributed by atoms with Crippen LogP contribution in [0.3, 0.4) is 0 Å². The van der Waals surface area contributed by atoms with Crippen LogP contribution in [-0.2, 0) is 16.0 Å². The highest BCUT2D eigenvalue weighted by Gasteiger charge is 2.16. The van der Waals surface area contributed by atoms with Gasteiger partial charge in [-0.3, -0.25) is 4.79 Å². The van der Waals surface area contributed by atoms with Gasteiger partial charge in [-0.05, 0) is 25.5 Å². The number of hydrogen-bond acceptors (Lipinski definition) is 5. The second-order valence-electron chi connectivity index (χ2n) is 5.90. The highest BCUT2D eigenvalue weighted by Crippen LogP contribution is 2.18. The third-order valence-electron chi connectivity index (χ3n) is 3.94. The van der Waals surface area contributed by atoms with Gasteiger partial charge >= 0.3 is 0 Å². The molecule has 3 rings (SSSR count). The Kier molecular flexibility index (Phi) is 5.02. The SMILES string of the molecule is Cc1ccc(-c2nnc(CCC(=O)NC[C@@H]3CCOC3)o2)cc1. The van der Waals surface area contributed by atoms with Crippen LogP contribution in [0.2, 0.25) is 0 Å². The first kappa shape index (κ1) is 15.7. The van der Waals surface area contributed by atoms with Crippen LogP contribution in [-0.4, -0.2) is 35.9 Å². The maximum Gasteiger partial charge on any atom is 0.247 e. The summed E-state index contributed by atoms with van der Waals surface area (Å²) >= 11 is 0. The molecule has 1 atom stereocenters. The van der Waals surface area contributed by atoms with Gasteiger partial charge in [0.05, 0.1) is 6.61 Å². The van der Waals surface area contributed by atoms with Gasteiger partial charge in [0, 0.05) is 37.5 Å². The molecule has 1 aromatic carbocycles. The molecule has 2 heterocycles. The van der Waals surface area contributed by atoms with Crippen LogP contribution >= 0.6 is 0 Å². The van der Waals surface area contributed by atoms with E-state index in [9.17, 15) is 4.79 Å². The van der Waals surface area contributed by atoms with Gasteiger partial charge < -0.3 is 14.5 Å². The van der Waals surface area contributed by atoms with Gasteiger partial charge in [0.2, 0.25) is 17.7 Å². The summed E-state index contributed by atoms with van der Waals surface area (Å²) in [6, 6.07) is 7.89. The number of nitrogens with zero attached hydrogens (tertiary/aromatic N) is 2. The maximum atomic E-state index is 11.8. The molecule has 1 fully saturated rings. The molecular formula is C17H21N3O3. The fourth-order valence-electron chi connectivity index (χ4n) is 2.48. The van der Waals surface area contributed by atoms with Gasteiger partial charge in [0.15, 0.2) is 0 Å². The van der Waals surface area contributed by atoms with Crippen molar-refractivity contribution in [2.45, 2.75) is 26.2 Å². The van der Waals surface area contributed by atoms with Crippen LogP contribution in [0.25, 0.3) is 11.5 Å². The van der Waals surface area contributed by atoms with Gasteiger partial charge in [-0.1, -0.05) is 17.7 Å². The number of ether oxygens (including phenoxy) is 1. The molecule has 0 bridgehead atoms. The van der Waals surface area contributed by atoms with E-state index in [-0.39, 0.29) is 5.91 Å². The predicted molar refractivity (Wildman–Crippen MR) is 84.7 cm³/mol. The maximum absolute atomic E-state index is 11.8. The molecule has 122 valence electrons. The van der Waals surface area contributed by atoms with Crippen molar-refractivity contribution in [2.75, 3.05) is 19.8 Å². The average molecular weight is 315 g/mol. The first-order chi connectivity index (χ1) is 11.2. The Hall–Kier alpha value is -2.21. The monoisotopic (exact) mass is 315 g/mol. The molecule has 0 radical (unpaired) electrons. The Balaban J connectivity index is 1.47. The standard InChI is InChI=1S/C17H21N3O3/c1-12-2-4-14(5-3-12)17-20-19-16(23-17)7-6-15(21)18-10-13-8-9-22-11-13/h2-5,13H,6-11H2,1H3,(H,18,21)/t13-/m0/s1. The van der Waals surface area contributed by atoms with Crippen molar-refractivity contribution in [3.05, 3.63) is 35.7 Å². The molecule has 0 spiro atoms. The molecule has 1 amide bonds. The summed E-state index contributed by atoms with van der Waals surface area (Å²) in [6.45, 7) is 4.24. The fraction of sp³-hybridized carbons (Fsp3) is 0.471. The number of amides is 1. The summed E-state index contributed by atoms with van der Waals surface area (Å²) in [7, 11) is 0. The number of hydrogen-bond donors (Lipinski definition) is 1. The van der Waals surface area contributed by atoms with Crippen LogP contribution in [0.5, 0.6) is 0 Å². The molecule has 1 N–H and O–H groups in total. The first-order valence-corrected chi connectivity index (χ1v) is 7.94. The number of rotatable bonds is 6. The third kappa shape index (κ3) is 4.39. The second-order valence-corrected chi connectivity index (χ2v) is 5.90. The molecule has 1 aliphatic rings. The van der Waals surface area contributed by atoms with Crippen LogP contribution in [0.15, 0.2) is 28.7 Å². The van der Waals surface area contributed by atoms with Gasteiger partial charge in [0.25, 0.3) is 0 Å². The van der Waals surface area contributed by atoms with E-state index >= 15 is 0 Å². The molecule has 1 saturated heterocycles. The van der Waals surface area contributed by atoms with Crippen molar-refractivity contribution < 1.29 is 13.9 Å². The zero-order valence-electron chi connectivity index (χ0n) is 13.2.